The number of ether oxygens (including phenoxy) is 1. The molecule has 0 N–H and O–H groups in total. The Balaban J connectivity index is 3.18. The van der Waals surface area contributed by atoms with Gasteiger partial charge in [0.2, 0.25) is 0 Å². The molecule has 0 unspecified atom stereocenters. The minimum absolute atomic E-state index is 0.513. The highest BCUT2D eigenvalue weighted by atomic mass is 19.3. The first-order valence-electron chi connectivity index (χ1n) is 4.10. The molecule has 0 fully saturated rings. The first kappa shape index (κ1) is 12.0. The minimum atomic E-state index is -3.89. The average molecular weight is 231 g/mol. The summed E-state index contributed by atoms with van der Waals surface area (Å²) in [6.07, 6.45) is 0. The highest BCUT2D eigenvalue weighted by Gasteiger charge is 2.42. The lowest BCUT2D eigenvalue weighted by Gasteiger charge is -2.13. The monoisotopic (exact) mass is 231 g/mol. The lowest BCUT2D eigenvalue weighted by atomic mass is 10.1. The van der Waals surface area contributed by atoms with E-state index in [-0.39, 0.29) is 0 Å². The van der Waals surface area contributed by atoms with E-state index in [1.165, 1.54) is 0 Å². The summed E-state index contributed by atoms with van der Waals surface area (Å²) in [5, 5.41) is 10.4. The summed E-state index contributed by atoms with van der Waals surface area (Å²) < 4.78 is 30.5. The lowest BCUT2D eigenvalue weighted by Crippen LogP contribution is -2.27. The van der Waals surface area contributed by atoms with Gasteiger partial charge in [0, 0.05) is 17.7 Å². The number of methoxy groups -OCH3 is 1. The van der Waals surface area contributed by atoms with Crippen molar-refractivity contribution in [2.45, 2.75) is 5.92 Å². The highest BCUT2D eigenvalue weighted by Crippen LogP contribution is 2.31. The fourth-order valence-electron chi connectivity index (χ4n) is 1.06. The Morgan fingerprint density at radius 1 is 1.50 bits per heavy atom. The molecular weight excluding hydrogens is 224 g/mol. The zero-order valence-electron chi connectivity index (χ0n) is 8.15. The summed E-state index contributed by atoms with van der Waals surface area (Å²) in [7, 11) is 0.813. The first-order valence-corrected chi connectivity index (χ1v) is 4.10. The molecule has 1 aromatic carbocycles. The van der Waals surface area contributed by atoms with Gasteiger partial charge in [-0.05, 0) is 0 Å². The number of nitro groups is 1. The Morgan fingerprint density at radius 3 is 2.62 bits per heavy atom. The summed E-state index contributed by atoms with van der Waals surface area (Å²) in [5.41, 5.74) is -1.28. The SMILES string of the molecule is COC(=O)C(F)(F)c1cccc([N+](=O)[O-])c1. The predicted octanol–water partition coefficient (Wildman–Crippen LogP) is 1.86. The molecule has 7 heteroatoms. The summed E-state index contributed by atoms with van der Waals surface area (Å²) >= 11 is 0. The van der Waals surface area contributed by atoms with Crippen molar-refractivity contribution in [2.24, 2.45) is 0 Å². The number of rotatable bonds is 3. The molecule has 0 aliphatic rings. The van der Waals surface area contributed by atoms with Crippen LogP contribution in [0.1, 0.15) is 5.56 Å². The van der Waals surface area contributed by atoms with E-state index in [1.807, 2.05) is 0 Å². The topological polar surface area (TPSA) is 69.4 Å². The second-order valence-corrected chi connectivity index (χ2v) is 2.87. The lowest BCUT2D eigenvalue weighted by molar-refractivity contribution is -0.385. The van der Waals surface area contributed by atoms with Crippen molar-refractivity contribution in [1.82, 2.24) is 0 Å². The third-order valence-electron chi connectivity index (χ3n) is 1.86. The number of carbonyl (C=O) groups excluding carboxylic acids is 1. The van der Waals surface area contributed by atoms with Crippen molar-refractivity contribution in [3.63, 3.8) is 0 Å². The van der Waals surface area contributed by atoms with Gasteiger partial charge in [0.1, 0.15) is 0 Å². The van der Waals surface area contributed by atoms with Crippen LogP contribution < -0.4 is 0 Å². The van der Waals surface area contributed by atoms with Crippen molar-refractivity contribution in [3.05, 3.63) is 39.9 Å². The number of carbonyl (C=O) groups is 1. The van der Waals surface area contributed by atoms with Crippen LogP contribution in [0.25, 0.3) is 0 Å². The normalized spacial score (nSPS) is 10.9. The minimum Gasteiger partial charge on any atom is -0.464 e. The molecule has 1 aromatic rings. The molecule has 0 aliphatic heterocycles. The quantitative estimate of drug-likeness (QED) is 0.452. The van der Waals surface area contributed by atoms with Crippen molar-refractivity contribution >= 4 is 11.7 Å². The van der Waals surface area contributed by atoms with E-state index in [1.54, 1.807) is 0 Å². The van der Waals surface area contributed by atoms with Crippen LogP contribution >= 0.6 is 0 Å². The number of nitro benzene ring substituents is 1. The van der Waals surface area contributed by atoms with Gasteiger partial charge in [-0.15, -0.1) is 0 Å². The van der Waals surface area contributed by atoms with Crippen molar-refractivity contribution in [2.75, 3.05) is 7.11 Å². The average Bonchev–Trinajstić information content (AvgIpc) is 2.28. The van der Waals surface area contributed by atoms with Gasteiger partial charge in [0.05, 0.1) is 12.0 Å². The molecule has 0 atom stereocenters. The van der Waals surface area contributed by atoms with Crippen LogP contribution in [-0.2, 0) is 15.5 Å². The Hall–Kier alpha value is -2.05. The number of esters is 1. The van der Waals surface area contributed by atoms with Crippen molar-refractivity contribution < 1.29 is 23.2 Å². The van der Waals surface area contributed by atoms with Crippen molar-refractivity contribution in [1.29, 1.82) is 0 Å². The number of nitrogens with zero attached hydrogens (tertiary/aromatic N) is 1. The van der Waals surface area contributed by atoms with E-state index in [0.717, 1.165) is 25.3 Å². The molecule has 0 amide bonds. The van der Waals surface area contributed by atoms with Gasteiger partial charge in [-0.1, -0.05) is 12.1 Å². The van der Waals surface area contributed by atoms with Crippen LogP contribution in [-0.4, -0.2) is 18.0 Å². The third kappa shape index (κ3) is 2.13. The molecule has 1 rings (SSSR count). The smallest absolute Gasteiger partial charge is 0.381 e. The molecule has 0 saturated carbocycles. The van der Waals surface area contributed by atoms with E-state index in [9.17, 15) is 23.7 Å². The van der Waals surface area contributed by atoms with E-state index < -0.39 is 28.1 Å². The largest absolute Gasteiger partial charge is 0.464 e. The zero-order chi connectivity index (χ0) is 12.3. The summed E-state index contributed by atoms with van der Waals surface area (Å²) in [4.78, 5) is 20.3. The number of hydrogen-bond acceptors (Lipinski definition) is 4. The summed E-state index contributed by atoms with van der Waals surface area (Å²) in [6.45, 7) is 0. The van der Waals surface area contributed by atoms with Gasteiger partial charge in [-0.3, -0.25) is 10.1 Å². The molecular formula is C9H7F2NO4. The van der Waals surface area contributed by atoms with Gasteiger partial charge in [0.25, 0.3) is 5.69 Å². The highest BCUT2D eigenvalue weighted by molar-refractivity contribution is 5.79. The number of alkyl halides is 2. The Bertz CT molecular complexity index is 433. The molecule has 0 radical (unpaired) electrons. The van der Waals surface area contributed by atoms with Crippen LogP contribution in [0, 0.1) is 10.1 Å². The van der Waals surface area contributed by atoms with E-state index in [4.69, 9.17) is 0 Å². The van der Waals surface area contributed by atoms with Gasteiger partial charge in [-0.25, -0.2) is 4.79 Å². The van der Waals surface area contributed by atoms with Crippen LogP contribution in [0.5, 0.6) is 0 Å². The maximum atomic E-state index is 13.3. The second kappa shape index (κ2) is 4.21. The fraction of sp³-hybridized carbons (Fsp3) is 0.222. The molecule has 0 aromatic heterocycles. The molecule has 0 spiro atoms. The summed E-state index contributed by atoms with van der Waals surface area (Å²) in [6, 6.07) is 3.68. The Labute approximate surface area is 88.8 Å². The molecule has 5 nitrogen and oxygen atoms in total. The number of hydrogen-bond donors (Lipinski definition) is 0. The Kier molecular flexibility index (Phi) is 3.17. The third-order valence-corrected chi connectivity index (χ3v) is 1.86. The fourth-order valence-corrected chi connectivity index (χ4v) is 1.06. The van der Waals surface area contributed by atoms with Crippen LogP contribution in [0.4, 0.5) is 14.5 Å². The molecule has 0 saturated heterocycles. The Morgan fingerprint density at radius 2 is 2.12 bits per heavy atom. The number of benzene rings is 1. The van der Waals surface area contributed by atoms with Crippen molar-refractivity contribution in [3.8, 4) is 0 Å². The predicted molar refractivity (Wildman–Crippen MR) is 49.0 cm³/mol. The zero-order valence-corrected chi connectivity index (χ0v) is 8.15. The molecule has 0 bridgehead atoms. The maximum absolute atomic E-state index is 13.3. The number of non-ortho nitro benzene ring substituents is 1. The standard InChI is InChI=1S/C9H7F2NO4/c1-16-8(13)9(10,11)6-3-2-4-7(5-6)12(14)15/h2-5H,1H3. The van der Waals surface area contributed by atoms with Gasteiger partial charge in [0.15, 0.2) is 0 Å². The second-order valence-electron chi connectivity index (χ2n) is 2.87. The van der Waals surface area contributed by atoms with E-state index in [0.29, 0.717) is 6.07 Å². The van der Waals surface area contributed by atoms with E-state index in [2.05, 4.69) is 4.74 Å². The first-order chi connectivity index (χ1) is 7.39. The van der Waals surface area contributed by atoms with Crippen LogP contribution in [0.15, 0.2) is 24.3 Å². The van der Waals surface area contributed by atoms with Gasteiger partial charge in [-0.2, -0.15) is 8.78 Å². The molecule has 0 heterocycles. The molecule has 86 valence electrons. The molecule has 16 heavy (non-hydrogen) atoms. The van der Waals surface area contributed by atoms with Gasteiger partial charge < -0.3 is 4.74 Å². The van der Waals surface area contributed by atoms with E-state index >= 15 is 0 Å². The van der Waals surface area contributed by atoms with Crippen LogP contribution in [0.3, 0.4) is 0 Å². The molecule has 0 aliphatic carbocycles. The maximum Gasteiger partial charge on any atom is 0.381 e. The summed E-state index contributed by atoms with van der Waals surface area (Å²) in [5.74, 6) is -5.64. The van der Waals surface area contributed by atoms with Gasteiger partial charge >= 0.3 is 11.9 Å². The van der Waals surface area contributed by atoms with Crippen LogP contribution in [0.2, 0.25) is 0 Å². The number of halogens is 2.